The molecule has 2 aromatic rings. The lowest BCUT2D eigenvalue weighted by Crippen LogP contribution is -2.23. The van der Waals surface area contributed by atoms with Crippen LogP contribution in [-0.2, 0) is 0 Å². The molecule has 0 bridgehead atoms. The van der Waals surface area contributed by atoms with Crippen molar-refractivity contribution in [3.8, 4) is 11.8 Å². The van der Waals surface area contributed by atoms with Gasteiger partial charge in [0, 0.05) is 17.5 Å². The molecule has 0 atom stereocenters. The van der Waals surface area contributed by atoms with Crippen LogP contribution >= 0.6 is 0 Å². The van der Waals surface area contributed by atoms with Gasteiger partial charge in [-0.3, -0.25) is 9.59 Å². The Hall–Kier alpha value is -2.91. The maximum atomic E-state index is 12.0. The lowest BCUT2D eigenvalue weighted by atomic mass is 10.2. The zero-order chi connectivity index (χ0) is 15.2. The number of nitrogens with zero attached hydrogens (tertiary/aromatic N) is 1. The number of amides is 1. The number of hydrogen-bond donors (Lipinski definition) is 3. The predicted molar refractivity (Wildman–Crippen MR) is 78.0 cm³/mol. The molecule has 0 spiro atoms. The molecule has 6 nitrogen and oxygen atoms in total. The average molecular weight is 283 g/mol. The van der Waals surface area contributed by atoms with Gasteiger partial charge in [0.2, 0.25) is 0 Å². The fraction of sp³-hybridized carbons (Fsp3) is 0.133. The van der Waals surface area contributed by atoms with E-state index in [1.54, 1.807) is 25.1 Å². The van der Waals surface area contributed by atoms with Gasteiger partial charge in [-0.1, -0.05) is 11.8 Å². The third-order valence-corrected chi connectivity index (χ3v) is 2.61. The fourth-order valence-corrected chi connectivity index (χ4v) is 1.65. The minimum Gasteiger partial charge on any atom is -0.384 e. The van der Waals surface area contributed by atoms with E-state index in [4.69, 9.17) is 5.11 Å². The van der Waals surface area contributed by atoms with Crippen molar-refractivity contribution in [3.05, 3.63) is 57.6 Å². The van der Waals surface area contributed by atoms with Crippen molar-refractivity contribution in [1.29, 1.82) is 0 Å². The summed E-state index contributed by atoms with van der Waals surface area (Å²) in [4.78, 5) is 30.3. The molecule has 21 heavy (non-hydrogen) atoms. The summed E-state index contributed by atoms with van der Waals surface area (Å²) in [5.41, 5.74) is 0.834. The lowest BCUT2D eigenvalue weighted by Gasteiger charge is -2.04. The van der Waals surface area contributed by atoms with Crippen LogP contribution in [0.5, 0.6) is 0 Å². The molecule has 2 aromatic heterocycles. The summed E-state index contributed by atoms with van der Waals surface area (Å²) in [5, 5.41) is 11.2. The van der Waals surface area contributed by atoms with E-state index < -0.39 is 11.5 Å². The topological polar surface area (TPSA) is 95.1 Å². The van der Waals surface area contributed by atoms with Crippen LogP contribution in [-0.4, -0.2) is 27.6 Å². The molecule has 6 heteroatoms. The summed E-state index contributed by atoms with van der Waals surface area (Å²) in [6.07, 6.45) is 1.48. The first-order chi connectivity index (χ1) is 10.1. The highest BCUT2D eigenvalue weighted by Gasteiger charge is 2.11. The Morgan fingerprint density at radius 2 is 2.24 bits per heavy atom. The number of carbonyl (C=O) groups excluding carboxylic acids is 1. The largest absolute Gasteiger partial charge is 0.384 e. The number of anilines is 1. The Morgan fingerprint density at radius 3 is 2.95 bits per heavy atom. The van der Waals surface area contributed by atoms with Crippen molar-refractivity contribution in [1.82, 2.24) is 9.97 Å². The van der Waals surface area contributed by atoms with Crippen LogP contribution in [0.3, 0.4) is 0 Å². The normalized spacial score (nSPS) is 9.62. The maximum absolute atomic E-state index is 12.0. The minimum atomic E-state index is -0.545. The molecule has 0 saturated heterocycles. The zero-order valence-corrected chi connectivity index (χ0v) is 11.3. The summed E-state index contributed by atoms with van der Waals surface area (Å²) < 4.78 is 0. The van der Waals surface area contributed by atoms with Crippen molar-refractivity contribution < 1.29 is 9.90 Å². The second-order valence-electron chi connectivity index (χ2n) is 4.23. The first kappa shape index (κ1) is 14.5. The van der Waals surface area contributed by atoms with Gasteiger partial charge in [0.05, 0.1) is 0 Å². The standard InChI is InChI=1S/C15H13N3O3/c1-10-4-5-12(14(20)17-10)15(21)18-13-9-11(3-2-8-19)6-7-16-13/h4-7,9,19H,8H2,1H3,(H,17,20)(H,16,18,21). The van der Waals surface area contributed by atoms with Crippen molar-refractivity contribution in [2.45, 2.75) is 6.92 Å². The number of nitrogens with one attached hydrogen (secondary N) is 2. The quantitative estimate of drug-likeness (QED) is 0.706. The molecule has 0 fully saturated rings. The number of rotatable bonds is 2. The third-order valence-electron chi connectivity index (χ3n) is 2.61. The number of aliphatic hydroxyl groups excluding tert-OH is 1. The monoisotopic (exact) mass is 283 g/mol. The average Bonchev–Trinajstić information content (AvgIpc) is 2.45. The number of aromatic nitrogens is 2. The van der Waals surface area contributed by atoms with Crippen LogP contribution in [0.4, 0.5) is 5.82 Å². The van der Waals surface area contributed by atoms with E-state index in [0.717, 1.165) is 0 Å². The molecule has 0 saturated carbocycles. The molecular weight excluding hydrogens is 270 g/mol. The number of H-pyrrole nitrogens is 1. The zero-order valence-electron chi connectivity index (χ0n) is 11.3. The molecule has 2 heterocycles. The molecule has 106 valence electrons. The van der Waals surface area contributed by atoms with Gasteiger partial charge in [0.25, 0.3) is 11.5 Å². The van der Waals surface area contributed by atoms with E-state index in [1.807, 2.05) is 0 Å². The van der Waals surface area contributed by atoms with Crippen LogP contribution in [0.15, 0.2) is 35.3 Å². The molecule has 2 rings (SSSR count). The van der Waals surface area contributed by atoms with Gasteiger partial charge in [0.15, 0.2) is 0 Å². The number of hydrogen-bond acceptors (Lipinski definition) is 4. The predicted octanol–water partition coefficient (Wildman–Crippen LogP) is 0.674. The van der Waals surface area contributed by atoms with Crippen LogP contribution in [0.25, 0.3) is 0 Å². The fourth-order valence-electron chi connectivity index (χ4n) is 1.65. The summed E-state index contributed by atoms with van der Waals surface area (Å²) in [6.45, 7) is 1.48. The van der Waals surface area contributed by atoms with Crippen LogP contribution < -0.4 is 10.9 Å². The summed E-state index contributed by atoms with van der Waals surface area (Å²) in [7, 11) is 0. The molecule has 0 aliphatic carbocycles. The van der Waals surface area contributed by atoms with Gasteiger partial charge >= 0.3 is 0 Å². The van der Waals surface area contributed by atoms with Gasteiger partial charge in [-0.05, 0) is 31.2 Å². The number of aromatic amines is 1. The highest BCUT2D eigenvalue weighted by molar-refractivity contribution is 6.03. The SMILES string of the molecule is Cc1ccc(C(=O)Nc2cc(C#CCO)ccn2)c(=O)[nH]1. The third kappa shape index (κ3) is 3.78. The minimum absolute atomic E-state index is 0.00856. The first-order valence-corrected chi connectivity index (χ1v) is 6.17. The summed E-state index contributed by atoms with van der Waals surface area (Å²) in [5.74, 6) is 4.95. The molecule has 0 unspecified atom stereocenters. The summed E-state index contributed by atoms with van der Waals surface area (Å²) in [6, 6.07) is 6.31. The molecular formula is C15H13N3O3. The number of aryl methyl sites for hydroxylation is 1. The van der Waals surface area contributed by atoms with Gasteiger partial charge < -0.3 is 15.4 Å². The molecule has 0 aliphatic heterocycles. The van der Waals surface area contributed by atoms with Crippen molar-refractivity contribution in [3.63, 3.8) is 0 Å². The second kappa shape index (κ2) is 6.50. The molecule has 0 radical (unpaired) electrons. The van der Waals surface area contributed by atoms with E-state index in [2.05, 4.69) is 27.1 Å². The number of pyridine rings is 2. The van der Waals surface area contributed by atoms with Crippen LogP contribution in [0.2, 0.25) is 0 Å². The molecule has 1 amide bonds. The Labute approximate surface area is 120 Å². The van der Waals surface area contributed by atoms with Crippen LogP contribution in [0.1, 0.15) is 21.6 Å². The highest BCUT2D eigenvalue weighted by Crippen LogP contribution is 2.07. The van der Waals surface area contributed by atoms with Gasteiger partial charge in [-0.15, -0.1) is 0 Å². The van der Waals surface area contributed by atoms with E-state index in [0.29, 0.717) is 11.3 Å². The van der Waals surface area contributed by atoms with E-state index in [9.17, 15) is 9.59 Å². The van der Waals surface area contributed by atoms with Crippen molar-refractivity contribution in [2.75, 3.05) is 11.9 Å². The smallest absolute Gasteiger partial charge is 0.262 e. The Morgan fingerprint density at radius 1 is 1.43 bits per heavy atom. The second-order valence-corrected chi connectivity index (χ2v) is 4.23. The van der Waals surface area contributed by atoms with Gasteiger partial charge in [-0.25, -0.2) is 4.98 Å². The number of aliphatic hydroxyl groups is 1. The van der Waals surface area contributed by atoms with Crippen LogP contribution in [0, 0.1) is 18.8 Å². The van der Waals surface area contributed by atoms with Crippen molar-refractivity contribution in [2.24, 2.45) is 0 Å². The molecule has 3 N–H and O–H groups in total. The first-order valence-electron chi connectivity index (χ1n) is 6.17. The van der Waals surface area contributed by atoms with Gasteiger partial charge in [-0.2, -0.15) is 0 Å². The Balaban J connectivity index is 2.21. The van der Waals surface area contributed by atoms with E-state index in [-0.39, 0.29) is 18.0 Å². The van der Waals surface area contributed by atoms with E-state index in [1.165, 1.54) is 12.3 Å². The maximum Gasteiger partial charge on any atom is 0.262 e. The van der Waals surface area contributed by atoms with Crippen molar-refractivity contribution >= 4 is 11.7 Å². The van der Waals surface area contributed by atoms with E-state index >= 15 is 0 Å². The number of carbonyl (C=O) groups is 1. The Bertz CT molecular complexity index is 784. The lowest BCUT2D eigenvalue weighted by molar-refractivity contribution is 0.102. The Kier molecular flexibility index (Phi) is 4.49. The molecule has 0 aliphatic rings. The molecule has 0 aromatic carbocycles. The van der Waals surface area contributed by atoms with Gasteiger partial charge in [0.1, 0.15) is 18.0 Å². The summed E-state index contributed by atoms with van der Waals surface area (Å²) >= 11 is 0. The highest BCUT2D eigenvalue weighted by atomic mass is 16.2.